The average molecular weight is 338 g/mol. The minimum atomic E-state index is 0.742. The molecule has 4 heteroatoms. The van der Waals surface area contributed by atoms with E-state index in [1.54, 1.807) is 0 Å². The van der Waals surface area contributed by atoms with Gasteiger partial charge in [-0.2, -0.15) is 0 Å². The second-order valence-electron chi connectivity index (χ2n) is 7.40. The standard InChI is InChI=1S/C21H30N4/c1-16-12-20(13-19-8-6-5-7-9-19)23-14-21(16)24(4)17(2)15-25-11-10-22-18(25)3/h10-12,14,19H,2,5-9,13,15H2,1,3-4H3. The number of rotatable bonds is 6. The Hall–Kier alpha value is -2.10. The van der Waals surface area contributed by atoms with Gasteiger partial charge in [-0.3, -0.25) is 4.98 Å². The third-order valence-corrected chi connectivity index (χ3v) is 5.47. The van der Waals surface area contributed by atoms with E-state index in [2.05, 4.69) is 41.1 Å². The molecule has 1 aliphatic rings. The topological polar surface area (TPSA) is 34.0 Å². The second-order valence-corrected chi connectivity index (χ2v) is 7.40. The molecule has 0 radical (unpaired) electrons. The van der Waals surface area contributed by atoms with Gasteiger partial charge in [0.25, 0.3) is 0 Å². The Morgan fingerprint density at radius 2 is 2.00 bits per heavy atom. The molecule has 0 N–H and O–H groups in total. The number of aromatic nitrogens is 3. The maximum absolute atomic E-state index is 4.75. The molecule has 25 heavy (non-hydrogen) atoms. The fraction of sp³-hybridized carbons (Fsp3) is 0.524. The molecule has 0 saturated heterocycles. The molecule has 4 nitrogen and oxygen atoms in total. The van der Waals surface area contributed by atoms with Gasteiger partial charge in [-0.05, 0) is 37.8 Å². The van der Waals surface area contributed by atoms with E-state index in [1.807, 2.05) is 25.5 Å². The number of anilines is 1. The number of imidazole rings is 1. The lowest BCUT2D eigenvalue weighted by atomic mass is 9.86. The van der Waals surface area contributed by atoms with E-state index >= 15 is 0 Å². The predicted octanol–water partition coefficient (Wildman–Crippen LogP) is 4.67. The molecule has 0 aliphatic heterocycles. The number of aryl methyl sites for hydroxylation is 2. The lowest BCUT2D eigenvalue weighted by Crippen LogP contribution is -2.21. The van der Waals surface area contributed by atoms with Crippen LogP contribution in [0.15, 0.2) is 36.9 Å². The summed E-state index contributed by atoms with van der Waals surface area (Å²) in [4.78, 5) is 11.2. The monoisotopic (exact) mass is 338 g/mol. The highest BCUT2D eigenvalue weighted by molar-refractivity contribution is 5.55. The van der Waals surface area contributed by atoms with Crippen molar-refractivity contribution >= 4 is 5.69 Å². The van der Waals surface area contributed by atoms with E-state index < -0.39 is 0 Å². The molecule has 2 aromatic heterocycles. The van der Waals surface area contributed by atoms with Crippen LogP contribution in [0.1, 0.15) is 49.2 Å². The van der Waals surface area contributed by atoms with Crippen molar-refractivity contribution < 1.29 is 0 Å². The zero-order valence-electron chi connectivity index (χ0n) is 15.8. The maximum atomic E-state index is 4.75. The predicted molar refractivity (Wildman–Crippen MR) is 104 cm³/mol. The van der Waals surface area contributed by atoms with Gasteiger partial charge in [0, 0.05) is 30.8 Å². The van der Waals surface area contributed by atoms with Gasteiger partial charge in [-0.15, -0.1) is 0 Å². The van der Waals surface area contributed by atoms with Crippen molar-refractivity contribution in [1.82, 2.24) is 14.5 Å². The number of hydrogen-bond donors (Lipinski definition) is 0. The maximum Gasteiger partial charge on any atom is 0.105 e. The summed E-state index contributed by atoms with van der Waals surface area (Å²) in [7, 11) is 2.07. The van der Waals surface area contributed by atoms with Crippen molar-refractivity contribution in [2.75, 3.05) is 11.9 Å². The highest BCUT2D eigenvalue weighted by atomic mass is 15.2. The molecule has 0 bridgehead atoms. The summed E-state index contributed by atoms with van der Waals surface area (Å²) >= 11 is 0. The largest absolute Gasteiger partial charge is 0.346 e. The third kappa shape index (κ3) is 4.30. The first-order chi connectivity index (χ1) is 12.0. The van der Waals surface area contributed by atoms with Crippen LogP contribution in [0.3, 0.4) is 0 Å². The quantitative estimate of drug-likeness (QED) is 0.767. The smallest absolute Gasteiger partial charge is 0.105 e. The fourth-order valence-corrected chi connectivity index (χ4v) is 3.80. The Balaban J connectivity index is 1.67. The molecule has 0 atom stereocenters. The zero-order chi connectivity index (χ0) is 17.8. The lowest BCUT2D eigenvalue weighted by molar-refractivity contribution is 0.354. The Morgan fingerprint density at radius 3 is 2.64 bits per heavy atom. The highest BCUT2D eigenvalue weighted by Gasteiger charge is 2.16. The van der Waals surface area contributed by atoms with Gasteiger partial charge in [0.05, 0.1) is 18.4 Å². The van der Waals surface area contributed by atoms with Gasteiger partial charge in [0.15, 0.2) is 0 Å². The van der Waals surface area contributed by atoms with E-state index in [1.165, 1.54) is 43.4 Å². The molecule has 1 aliphatic carbocycles. The number of pyridine rings is 1. The number of hydrogen-bond acceptors (Lipinski definition) is 3. The van der Waals surface area contributed by atoms with Crippen LogP contribution >= 0.6 is 0 Å². The van der Waals surface area contributed by atoms with Crippen molar-refractivity contribution in [3.05, 3.63) is 54.0 Å². The summed E-state index contributed by atoms with van der Waals surface area (Å²) in [6.45, 7) is 9.18. The number of allylic oxidation sites excluding steroid dienone is 1. The van der Waals surface area contributed by atoms with Crippen molar-refractivity contribution in [3.63, 3.8) is 0 Å². The van der Waals surface area contributed by atoms with E-state index in [0.29, 0.717) is 0 Å². The van der Waals surface area contributed by atoms with Crippen LogP contribution in [-0.2, 0) is 13.0 Å². The molecule has 2 heterocycles. The first kappa shape index (κ1) is 17.7. The summed E-state index contributed by atoms with van der Waals surface area (Å²) in [6, 6.07) is 2.26. The molecule has 0 spiro atoms. The minimum Gasteiger partial charge on any atom is -0.346 e. The van der Waals surface area contributed by atoms with E-state index in [9.17, 15) is 0 Å². The third-order valence-electron chi connectivity index (χ3n) is 5.47. The van der Waals surface area contributed by atoms with Crippen LogP contribution in [0.25, 0.3) is 0 Å². The summed E-state index contributed by atoms with van der Waals surface area (Å²) < 4.78 is 2.11. The van der Waals surface area contributed by atoms with Crippen molar-refractivity contribution in [3.8, 4) is 0 Å². The van der Waals surface area contributed by atoms with Crippen LogP contribution in [0.5, 0.6) is 0 Å². The second kappa shape index (κ2) is 7.85. The van der Waals surface area contributed by atoms with Gasteiger partial charge in [0.1, 0.15) is 5.82 Å². The van der Waals surface area contributed by atoms with Crippen molar-refractivity contribution in [2.24, 2.45) is 5.92 Å². The Morgan fingerprint density at radius 1 is 1.24 bits per heavy atom. The molecule has 3 rings (SSSR count). The molecule has 134 valence electrons. The van der Waals surface area contributed by atoms with Crippen LogP contribution < -0.4 is 4.90 Å². The minimum absolute atomic E-state index is 0.742. The van der Waals surface area contributed by atoms with Gasteiger partial charge in [0.2, 0.25) is 0 Å². The molecule has 1 saturated carbocycles. The van der Waals surface area contributed by atoms with Gasteiger partial charge in [-0.25, -0.2) is 4.98 Å². The van der Waals surface area contributed by atoms with E-state index in [0.717, 1.165) is 36.1 Å². The summed E-state index contributed by atoms with van der Waals surface area (Å²) in [5.41, 5.74) is 4.67. The molecule has 1 fully saturated rings. The van der Waals surface area contributed by atoms with Crippen LogP contribution in [0, 0.1) is 19.8 Å². The normalized spacial score (nSPS) is 15.3. The lowest BCUT2D eigenvalue weighted by Gasteiger charge is -2.25. The molecule has 0 aromatic carbocycles. The first-order valence-corrected chi connectivity index (χ1v) is 9.39. The zero-order valence-corrected chi connectivity index (χ0v) is 15.8. The summed E-state index contributed by atoms with van der Waals surface area (Å²) in [5, 5.41) is 0. The molecule has 2 aromatic rings. The first-order valence-electron chi connectivity index (χ1n) is 9.39. The van der Waals surface area contributed by atoms with Gasteiger partial charge >= 0.3 is 0 Å². The van der Waals surface area contributed by atoms with E-state index in [4.69, 9.17) is 4.98 Å². The van der Waals surface area contributed by atoms with Crippen LogP contribution in [0.4, 0.5) is 5.69 Å². The van der Waals surface area contributed by atoms with E-state index in [-0.39, 0.29) is 0 Å². The highest BCUT2D eigenvalue weighted by Crippen LogP contribution is 2.28. The van der Waals surface area contributed by atoms with Crippen LogP contribution in [-0.4, -0.2) is 21.6 Å². The summed E-state index contributed by atoms with van der Waals surface area (Å²) in [5.74, 6) is 1.83. The van der Waals surface area contributed by atoms with Gasteiger partial charge < -0.3 is 9.47 Å². The Bertz CT molecular complexity index is 725. The van der Waals surface area contributed by atoms with Crippen LogP contribution in [0.2, 0.25) is 0 Å². The molecular formula is C21H30N4. The summed E-state index contributed by atoms with van der Waals surface area (Å²) in [6.07, 6.45) is 13.9. The number of likely N-dealkylation sites (N-methyl/N-ethyl adjacent to an activating group) is 1. The number of nitrogens with zero attached hydrogens (tertiary/aromatic N) is 4. The Labute approximate surface area is 151 Å². The molecule has 0 unspecified atom stereocenters. The SMILES string of the molecule is C=C(Cn1ccnc1C)N(C)c1cnc(CC2CCCCC2)cc1C. The Kier molecular flexibility index (Phi) is 5.57. The average Bonchev–Trinajstić information content (AvgIpc) is 3.00. The molecule has 0 amide bonds. The van der Waals surface area contributed by atoms with Crippen molar-refractivity contribution in [2.45, 2.75) is 58.9 Å². The fourth-order valence-electron chi connectivity index (χ4n) is 3.80. The van der Waals surface area contributed by atoms with Gasteiger partial charge in [-0.1, -0.05) is 38.7 Å². The molecular weight excluding hydrogens is 308 g/mol. The van der Waals surface area contributed by atoms with Crippen molar-refractivity contribution in [1.29, 1.82) is 0 Å².